The van der Waals surface area contributed by atoms with E-state index < -0.39 is 0 Å². The van der Waals surface area contributed by atoms with E-state index >= 15 is 0 Å². The number of hydrogen-bond acceptors (Lipinski definition) is 5. The quantitative estimate of drug-likeness (QED) is 0.878. The summed E-state index contributed by atoms with van der Waals surface area (Å²) in [5.74, 6) is 2.12. The smallest absolute Gasteiger partial charge is 0.223 e. The van der Waals surface area contributed by atoms with Gasteiger partial charge in [-0.2, -0.15) is 4.98 Å². The van der Waals surface area contributed by atoms with Gasteiger partial charge in [0.2, 0.25) is 5.89 Å². The molecule has 1 N–H and O–H groups in total. The Morgan fingerprint density at radius 1 is 1.39 bits per heavy atom. The van der Waals surface area contributed by atoms with Crippen LogP contribution in [0.1, 0.15) is 30.2 Å². The van der Waals surface area contributed by atoms with Gasteiger partial charge in [0.25, 0.3) is 0 Å². The molecule has 0 amide bonds. The molecule has 0 aliphatic carbocycles. The Morgan fingerprint density at radius 2 is 2.17 bits per heavy atom. The van der Waals surface area contributed by atoms with Gasteiger partial charge in [-0.3, -0.25) is 0 Å². The predicted molar refractivity (Wildman–Crippen MR) is 67.3 cm³/mol. The number of aromatic nitrogens is 2. The summed E-state index contributed by atoms with van der Waals surface area (Å²) >= 11 is 0. The van der Waals surface area contributed by atoms with E-state index in [0.29, 0.717) is 18.3 Å². The van der Waals surface area contributed by atoms with Crippen LogP contribution in [0.25, 0.3) is 0 Å². The first-order valence-electron chi connectivity index (χ1n) is 5.86. The maximum Gasteiger partial charge on any atom is 0.223 e. The van der Waals surface area contributed by atoms with Crippen molar-refractivity contribution in [2.24, 2.45) is 0 Å². The van der Waals surface area contributed by atoms with Crippen LogP contribution in [0, 0.1) is 6.92 Å². The maximum atomic E-state index is 5.33. The number of rotatable bonds is 5. The molecule has 18 heavy (non-hydrogen) atoms. The Kier molecular flexibility index (Phi) is 3.94. The minimum Gasteiger partial charge on any atom is -0.496 e. The maximum absolute atomic E-state index is 5.33. The third-order valence-corrected chi connectivity index (χ3v) is 2.74. The highest BCUT2D eigenvalue weighted by Crippen LogP contribution is 2.24. The van der Waals surface area contributed by atoms with Gasteiger partial charge in [-0.15, -0.1) is 0 Å². The first-order chi connectivity index (χ1) is 8.70. The van der Waals surface area contributed by atoms with Crippen molar-refractivity contribution in [2.45, 2.75) is 26.4 Å². The Balaban J connectivity index is 2.01. The van der Waals surface area contributed by atoms with Gasteiger partial charge in [-0.05, 0) is 13.0 Å². The van der Waals surface area contributed by atoms with Crippen molar-refractivity contribution < 1.29 is 9.26 Å². The molecule has 2 aromatic rings. The zero-order valence-electron chi connectivity index (χ0n) is 10.8. The highest BCUT2D eigenvalue weighted by Gasteiger charge is 2.11. The lowest BCUT2D eigenvalue weighted by molar-refractivity contribution is 0.382. The van der Waals surface area contributed by atoms with Crippen molar-refractivity contribution >= 4 is 0 Å². The standard InChI is InChI=1S/C13H17N3O2/c1-9(11-6-4-5-7-12(11)17-3)14-8-13-15-10(2)18-16-13/h4-7,9,14H,8H2,1-3H3/t9-/m1/s1. The van der Waals surface area contributed by atoms with Gasteiger partial charge in [0.1, 0.15) is 5.75 Å². The second-order valence-electron chi connectivity index (χ2n) is 4.07. The van der Waals surface area contributed by atoms with Crippen LogP contribution in [-0.4, -0.2) is 17.3 Å². The first kappa shape index (κ1) is 12.6. The molecule has 0 radical (unpaired) electrons. The molecule has 0 unspecified atom stereocenters. The predicted octanol–water partition coefficient (Wildman–Crippen LogP) is 2.24. The average Bonchev–Trinajstić information content (AvgIpc) is 2.81. The van der Waals surface area contributed by atoms with Crippen molar-refractivity contribution in [2.75, 3.05) is 7.11 Å². The number of ether oxygens (including phenoxy) is 1. The van der Waals surface area contributed by atoms with Crippen LogP contribution in [0.2, 0.25) is 0 Å². The molecular formula is C13H17N3O2. The Labute approximate surface area is 106 Å². The van der Waals surface area contributed by atoms with E-state index in [1.165, 1.54) is 0 Å². The third kappa shape index (κ3) is 2.87. The van der Waals surface area contributed by atoms with E-state index in [1.807, 2.05) is 24.3 Å². The van der Waals surface area contributed by atoms with Gasteiger partial charge in [0, 0.05) is 18.5 Å². The molecule has 0 spiro atoms. The molecule has 0 aliphatic heterocycles. The summed E-state index contributed by atoms with van der Waals surface area (Å²) in [6.45, 7) is 4.42. The molecule has 0 saturated carbocycles. The molecule has 1 aromatic carbocycles. The van der Waals surface area contributed by atoms with Gasteiger partial charge in [-0.25, -0.2) is 0 Å². The number of aryl methyl sites for hydroxylation is 1. The Morgan fingerprint density at radius 3 is 2.83 bits per heavy atom. The normalized spacial score (nSPS) is 12.4. The van der Waals surface area contributed by atoms with Crippen LogP contribution in [-0.2, 0) is 6.54 Å². The Bertz CT molecular complexity index is 510. The van der Waals surface area contributed by atoms with Gasteiger partial charge in [0.05, 0.1) is 13.7 Å². The molecule has 0 bridgehead atoms. The van der Waals surface area contributed by atoms with Gasteiger partial charge < -0.3 is 14.6 Å². The van der Waals surface area contributed by atoms with Crippen LogP contribution in [0.4, 0.5) is 0 Å². The highest BCUT2D eigenvalue weighted by molar-refractivity contribution is 5.35. The lowest BCUT2D eigenvalue weighted by atomic mass is 10.1. The third-order valence-electron chi connectivity index (χ3n) is 2.74. The molecule has 5 nitrogen and oxygen atoms in total. The molecule has 1 heterocycles. The van der Waals surface area contributed by atoms with Crippen molar-refractivity contribution in [3.8, 4) is 5.75 Å². The Hall–Kier alpha value is -1.88. The summed E-state index contributed by atoms with van der Waals surface area (Å²) in [4.78, 5) is 4.15. The number of para-hydroxylation sites is 1. The molecule has 0 fully saturated rings. The lowest BCUT2D eigenvalue weighted by Gasteiger charge is -2.16. The minimum absolute atomic E-state index is 0.153. The molecule has 96 valence electrons. The van der Waals surface area contributed by atoms with Crippen LogP contribution in [0.15, 0.2) is 28.8 Å². The molecule has 0 saturated heterocycles. The van der Waals surface area contributed by atoms with Crippen molar-refractivity contribution in [1.82, 2.24) is 15.5 Å². The molecular weight excluding hydrogens is 230 g/mol. The van der Waals surface area contributed by atoms with E-state index in [2.05, 4.69) is 22.4 Å². The summed E-state index contributed by atoms with van der Waals surface area (Å²) < 4.78 is 10.3. The van der Waals surface area contributed by atoms with E-state index in [9.17, 15) is 0 Å². The van der Waals surface area contributed by atoms with E-state index in [4.69, 9.17) is 9.26 Å². The fraction of sp³-hybridized carbons (Fsp3) is 0.385. The number of nitrogens with one attached hydrogen (secondary N) is 1. The molecule has 1 aromatic heterocycles. The largest absolute Gasteiger partial charge is 0.496 e. The summed E-state index contributed by atoms with van der Waals surface area (Å²) in [6.07, 6.45) is 0. The second-order valence-corrected chi connectivity index (χ2v) is 4.07. The van der Waals surface area contributed by atoms with Gasteiger partial charge in [0.15, 0.2) is 5.82 Å². The summed E-state index contributed by atoms with van der Waals surface area (Å²) in [5, 5.41) is 7.18. The SMILES string of the molecule is COc1ccccc1[C@@H](C)NCc1noc(C)n1. The number of benzene rings is 1. The van der Waals surface area contributed by atoms with Gasteiger partial charge >= 0.3 is 0 Å². The van der Waals surface area contributed by atoms with Crippen molar-refractivity contribution in [3.63, 3.8) is 0 Å². The minimum atomic E-state index is 0.153. The second kappa shape index (κ2) is 5.64. The molecule has 1 atom stereocenters. The number of methoxy groups -OCH3 is 1. The molecule has 5 heteroatoms. The van der Waals surface area contributed by atoms with Crippen LogP contribution < -0.4 is 10.1 Å². The van der Waals surface area contributed by atoms with Crippen LogP contribution in [0.5, 0.6) is 5.75 Å². The summed E-state index contributed by atoms with van der Waals surface area (Å²) in [7, 11) is 1.67. The van der Waals surface area contributed by atoms with Crippen LogP contribution >= 0.6 is 0 Å². The monoisotopic (exact) mass is 247 g/mol. The fourth-order valence-corrected chi connectivity index (χ4v) is 1.79. The van der Waals surface area contributed by atoms with E-state index in [0.717, 1.165) is 11.3 Å². The topological polar surface area (TPSA) is 60.2 Å². The highest BCUT2D eigenvalue weighted by atomic mass is 16.5. The number of nitrogens with zero attached hydrogens (tertiary/aromatic N) is 2. The van der Waals surface area contributed by atoms with Crippen molar-refractivity contribution in [1.29, 1.82) is 0 Å². The first-order valence-corrected chi connectivity index (χ1v) is 5.86. The summed E-state index contributed by atoms with van der Waals surface area (Å²) in [5.41, 5.74) is 1.11. The van der Waals surface area contributed by atoms with Gasteiger partial charge in [-0.1, -0.05) is 23.4 Å². The molecule has 2 rings (SSSR count). The zero-order valence-corrected chi connectivity index (χ0v) is 10.8. The average molecular weight is 247 g/mol. The van der Waals surface area contributed by atoms with Crippen LogP contribution in [0.3, 0.4) is 0 Å². The zero-order chi connectivity index (χ0) is 13.0. The van der Waals surface area contributed by atoms with E-state index in [-0.39, 0.29) is 6.04 Å². The fourth-order valence-electron chi connectivity index (χ4n) is 1.79. The molecule has 0 aliphatic rings. The van der Waals surface area contributed by atoms with E-state index in [1.54, 1.807) is 14.0 Å². The lowest BCUT2D eigenvalue weighted by Crippen LogP contribution is -2.19. The van der Waals surface area contributed by atoms with Crippen molar-refractivity contribution in [3.05, 3.63) is 41.5 Å². The number of hydrogen-bond donors (Lipinski definition) is 1. The summed E-state index contributed by atoms with van der Waals surface area (Å²) in [6, 6.07) is 8.09.